The van der Waals surface area contributed by atoms with Gasteiger partial charge in [0.1, 0.15) is 5.82 Å². The molecule has 1 aromatic rings. The summed E-state index contributed by atoms with van der Waals surface area (Å²) in [5, 5.41) is 5.07. The smallest absolute Gasteiger partial charge is 0.145 e. The molecular weight excluding hydrogens is 206 g/mol. The maximum atomic E-state index is 5.55. The Hall–Kier alpha value is -0.640. The number of nitrogens with two attached hydrogens (primary N) is 1. The Morgan fingerprint density at radius 1 is 1.40 bits per heavy atom. The van der Waals surface area contributed by atoms with Gasteiger partial charge in [0.05, 0.1) is 6.54 Å². The largest absolute Gasteiger partial charge is 0.382 e. The SMILES string of the molecule is Nc1ccn(CCSC2CCCCC2)n1. The van der Waals surface area contributed by atoms with Gasteiger partial charge in [-0.2, -0.15) is 16.9 Å². The molecule has 15 heavy (non-hydrogen) atoms. The normalized spacial score (nSPS) is 18.1. The highest BCUT2D eigenvalue weighted by atomic mass is 32.2. The van der Waals surface area contributed by atoms with Crippen molar-refractivity contribution in [3.8, 4) is 0 Å². The number of aryl methyl sites for hydroxylation is 1. The number of nitrogens with zero attached hydrogens (tertiary/aromatic N) is 2. The lowest BCUT2D eigenvalue weighted by atomic mass is 10.0. The number of anilines is 1. The molecule has 2 N–H and O–H groups in total. The molecule has 0 radical (unpaired) electrons. The van der Waals surface area contributed by atoms with Crippen LogP contribution in [0.15, 0.2) is 12.3 Å². The molecular formula is C11H19N3S. The monoisotopic (exact) mass is 225 g/mol. The number of hydrogen-bond acceptors (Lipinski definition) is 3. The molecule has 1 aliphatic carbocycles. The molecule has 0 bridgehead atoms. The Balaban J connectivity index is 1.65. The number of rotatable bonds is 4. The van der Waals surface area contributed by atoms with Crippen molar-refractivity contribution in [1.29, 1.82) is 0 Å². The number of aromatic nitrogens is 2. The van der Waals surface area contributed by atoms with Crippen LogP contribution in [-0.2, 0) is 6.54 Å². The molecule has 2 rings (SSSR count). The van der Waals surface area contributed by atoms with Crippen molar-refractivity contribution in [2.24, 2.45) is 0 Å². The third kappa shape index (κ3) is 3.45. The third-order valence-electron chi connectivity index (χ3n) is 2.89. The Labute approximate surface area is 95.4 Å². The minimum absolute atomic E-state index is 0.623. The zero-order valence-corrected chi connectivity index (χ0v) is 9.88. The lowest BCUT2D eigenvalue weighted by Gasteiger charge is -2.20. The lowest BCUT2D eigenvalue weighted by molar-refractivity contribution is 0.515. The maximum Gasteiger partial charge on any atom is 0.145 e. The fourth-order valence-corrected chi connectivity index (χ4v) is 3.34. The van der Waals surface area contributed by atoms with Gasteiger partial charge < -0.3 is 5.73 Å². The van der Waals surface area contributed by atoms with Crippen LogP contribution in [-0.4, -0.2) is 20.8 Å². The summed E-state index contributed by atoms with van der Waals surface area (Å²) >= 11 is 2.10. The van der Waals surface area contributed by atoms with Gasteiger partial charge in [0, 0.05) is 17.2 Å². The van der Waals surface area contributed by atoms with Crippen molar-refractivity contribution in [3.63, 3.8) is 0 Å². The van der Waals surface area contributed by atoms with E-state index in [1.165, 1.54) is 32.1 Å². The summed E-state index contributed by atoms with van der Waals surface area (Å²) in [6.07, 6.45) is 9.06. The zero-order valence-electron chi connectivity index (χ0n) is 9.06. The van der Waals surface area contributed by atoms with Crippen molar-refractivity contribution in [3.05, 3.63) is 12.3 Å². The van der Waals surface area contributed by atoms with E-state index in [4.69, 9.17) is 5.73 Å². The van der Waals surface area contributed by atoms with E-state index in [0.717, 1.165) is 17.5 Å². The van der Waals surface area contributed by atoms with Crippen LogP contribution in [0.4, 0.5) is 5.82 Å². The maximum absolute atomic E-state index is 5.55. The van der Waals surface area contributed by atoms with E-state index in [9.17, 15) is 0 Å². The first-order valence-corrected chi connectivity index (χ1v) is 6.80. The fourth-order valence-electron chi connectivity index (χ4n) is 2.05. The van der Waals surface area contributed by atoms with Gasteiger partial charge in [0.25, 0.3) is 0 Å². The second kappa shape index (κ2) is 5.45. The first kappa shape index (κ1) is 10.9. The summed E-state index contributed by atoms with van der Waals surface area (Å²) in [5.74, 6) is 1.78. The molecule has 1 aliphatic rings. The molecule has 0 amide bonds. The summed E-state index contributed by atoms with van der Waals surface area (Å²) in [6.45, 7) is 0.984. The molecule has 0 spiro atoms. The molecule has 84 valence electrons. The summed E-state index contributed by atoms with van der Waals surface area (Å²) in [6, 6.07) is 1.85. The lowest BCUT2D eigenvalue weighted by Crippen LogP contribution is -2.11. The van der Waals surface area contributed by atoms with E-state index in [-0.39, 0.29) is 0 Å². The van der Waals surface area contributed by atoms with Crippen LogP contribution >= 0.6 is 11.8 Å². The molecule has 3 nitrogen and oxygen atoms in total. The Morgan fingerprint density at radius 2 is 2.20 bits per heavy atom. The number of hydrogen-bond donors (Lipinski definition) is 1. The van der Waals surface area contributed by atoms with Crippen LogP contribution in [0.3, 0.4) is 0 Å². The molecule has 1 aromatic heterocycles. The fraction of sp³-hybridized carbons (Fsp3) is 0.727. The minimum atomic E-state index is 0.623. The van der Waals surface area contributed by atoms with Crippen LogP contribution in [0.5, 0.6) is 0 Å². The Bertz CT molecular complexity index is 292. The van der Waals surface area contributed by atoms with E-state index in [1.54, 1.807) is 0 Å². The van der Waals surface area contributed by atoms with E-state index >= 15 is 0 Å². The summed E-state index contributed by atoms with van der Waals surface area (Å²) in [7, 11) is 0. The molecule has 1 saturated carbocycles. The standard InChI is InChI=1S/C11H19N3S/c12-11-6-7-14(13-11)8-9-15-10-4-2-1-3-5-10/h6-7,10H,1-5,8-9H2,(H2,12,13). The first-order valence-electron chi connectivity index (χ1n) is 5.75. The van der Waals surface area contributed by atoms with Crippen molar-refractivity contribution < 1.29 is 0 Å². The average Bonchev–Trinajstić information content (AvgIpc) is 2.66. The topological polar surface area (TPSA) is 43.8 Å². The second-order valence-electron chi connectivity index (χ2n) is 4.13. The van der Waals surface area contributed by atoms with Crippen LogP contribution in [0.25, 0.3) is 0 Å². The highest BCUT2D eigenvalue weighted by Gasteiger charge is 2.13. The van der Waals surface area contributed by atoms with E-state index in [0.29, 0.717) is 5.82 Å². The van der Waals surface area contributed by atoms with Gasteiger partial charge >= 0.3 is 0 Å². The van der Waals surface area contributed by atoms with Gasteiger partial charge in [-0.15, -0.1) is 0 Å². The highest BCUT2D eigenvalue weighted by molar-refractivity contribution is 7.99. The molecule has 0 aromatic carbocycles. The summed E-state index contributed by atoms with van der Waals surface area (Å²) in [5.41, 5.74) is 5.55. The van der Waals surface area contributed by atoms with Gasteiger partial charge in [-0.1, -0.05) is 19.3 Å². The van der Waals surface area contributed by atoms with Crippen LogP contribution < -0.4 is 5.73 Å². The van der Waals surface area contributed by atoms with E-state index < -0.39 is 0 Å². The van der Waals surface area contributed by atoms with Gasteiger partial charge in [0.15, 0.2) is 0 Å². The molecule has 0 unspecified atom stereocenters. The average molecular weight is 225 g/mol. The van der Waals surface area contributed by atoms with Crippen LogP contribution in [0.1, 0.15) is 32.1 Å². The van der Waals surface area contributed by atoms with Gasteiger partial charge in [-0.05, 0) is 18.9 Å². The van der Waals surface area contributed by atoms with Crippen molar-refractivity contribution in [2.45, 2.75) is 43.9 Å². The van der Waals surface area contributed by atoms with E-state index in [2.05, 4.69) is 16.9 Å². The van der Waals surface area contributed by atoms with Crippen LogP contribution in [0, 0.1) is 0 Å². The predicted molar refractivity (Wildman–Crippen MR) is 66.0 cm³/mol. The molecule has 0 atom stereocenters. The Kier molecular flexibility index (Phi) is 3.94. The van der Waals surface area contributed by atoms with Crippen molar-refractivity contribution >= 4 is 17.6 Å². The zero-order chi connectivity index (χ0) is 10.5. The second-order valence-corrected chi connectivity index (χ2v) is 5.54. The summed E-state index contributed by atoms with van der Waals surface area (Å²) < 4.78 is 1.94. The van der Waals surface area contributed by atoms with Gasteiger partial charge in [0.2, 0.25) is 0 Å². The van der Waals surface area contributed by atoms with Crippen molar-refractivity contribution in [2.75, 3.05) is 11.5 Å². The number of thioether (sulfide) groups is 1. The quantitative estimate of drug-likeness (QED) is 0.856. The number of nitrogen functional groups attached to an aromatic ring is 1. The predicted octanol–water partition coefficient (Wildman–Crippen LogP) is 2.53. The van der Waals surface area contributed by atoms with Crippen molar-refractivity contribution in [1.82, 2.24) is 9.78 Å². The Morgan fingerprint density at radius 3 is 2.87 bits per heavy atom. The summed E-state index contributed by atoms with van der Waals surface area (Å²) in [4.78, 5) is 0. The molecule has 1 fully saturated rings. The molecule has 1 heterocycles. The first-order chi connectivity index (χ1) is 7.34. The third-order valence-corrected chi connectivity index (χ3v) is 4.25. The molecule has 0 saturated heterocycles. The molecule has 0 aliphatic heterocycles. The van der Waals surface area contributed by atoms with Crippen LogP contribution in [0.2, 0.25) is 0 Å². The van der Waals surface area contributed by atoms with Gasteiger partial charge in [-0.3, -0.25) is 4.68 Å². The van der Waals surface area contributed by atoms with E-state index in [1.807, 2.05) is 16.9 Å². The highest BCUT2D eigenvalue weighted by Crippen LogP contribution is 2.28. The van der Waals surface area contributed by atoms with Gasteiger partial charge in [-0.25, -0.2) is 0 Å². The molecule has 4 heteroatoms. The minimum Gasteiger partial charge on any atom is -0.382 e.